The van der Waals surface area contributed by atoms with Crippen molar-refractivity contribution < 1.29 is 25.3 Å². The van der Waals surface area contributed by atoms with E-state index in [9.17, 15) is 0 Å². The normalized spacial score (nSPS) is 6.33. The van der Waals surface area contributed by atoms with Crippen LogP contribution in [0.3, 0.4) is 0 Å². The summed E-state index contributed by atoms with van der Waals surface area (Å²) in [6, 6.07) is 0. The van der Waals surface area contributed by atoms with Crippen LogP contribution in [-0.2, 0) is 0 Å². The van der Waals surface area contributed by atoms with Gasteiger partial charge in [0.25, 0.3) is 0 Å². The summed E-state index contributed by atoms with van der Waals surface area (Å²) in [5.41, 5.74) is 0. The Kier molecular flexibility index (Phi) is 30.4. The fourth-order valence-electron chi connectivity index (χ4n) is 0. The van der Waals surface area contributed by atoms with Crippen LogP contribution < -0.4 is 0 Å². The molecule has 0 aliphatic rings. The zero-order chi connectivity index (χ0) is 6.99. The molecule has 7 heteroatoms. The molecule has 0 unspecified atom stereocenters. The Morgan fingerprint density at radius 3 is 1.00 bits per heavy atom. The first kappa shape index (κ1) is 16.8. The van der Waals surface area contributed by atoms with Gasteiger partial charge in [0.15, 0.2) is 0 Å². The molecule has 5 nitrogen and oxygen atoms in total. The van der Waals surface area contributed by atoms with Gasteiger partial charge in [0, 0.05) is 0 Å². The van der Waals surface area contributed by atoms with E-state index in [-0.39, 0.29) is 64.6 Å². The number of hydrogen-bond donors (Lipinski definition) is 5. The minimum atomic E-state index is -2.17. The van der Waals surface area contributed by atoms with E-state index in [1.165, 1.54) is 0 Å². The predicted molar refractivity (Wildman–Crippen MR) is 33.7 cm³/mol. The van der Waals surface area contributed by atoms with Crippen molar-refractivity contribution in [2.75, 3.05) is 13.2 Å². The first-order valence-corrected chi connectivity index (χ1v) is 1.91. The molecule has 0 aromatic carbocycles. The third-order valence-electron chi connectivity index (χ3n) is 0.1000. The molecule has 0 aliphatic carbocycles. The van der Waals surface area contributed by atoms with Gasteiger partial charge in [0.05, 0.1) is 13.2 Å². The Balaban J connectivity index is -0.0000000720. The molecule has 0 aromatic rings. The quantitative estimate of drug-likeness (QED) is 0.256. The number of hydrogen-bond acceptors (Lipinski definition) is 5. The van der Waals surface area contributed by atoms with E-state index >= 15 is 0 Å². The van der Waals surface area contributed by atoms with Crippen LogP contribution in [0, 0.1) is 0 Å². The standard InChI is InChI=1S/C2H6O2.BH3O3.K.H/c3-1-2-4;2-1(3)4;;/h3-4H,1-2H2;2-4H;;. The molecule has 9 heavy (non-hydrogen) atoms. The summed E-state index contributed by atoms with van der Waals surface area (Å²) in [7, 11) is -2.17. The molecule has 0 saturated heterocycles. The van der Waals surface area contributed by atoms with Crippen LogP contribution in [0.15, 0.2) is 0 Å². The van der Waals surface area contributed by atoms with Gasteiger partial charge >= 0.3 is 58.7 Å². The van der Waals surface area contributed by atoms with Crippen LogP contribution in [0.1, 0.15) is 0 Å². The number of aliphatic hydroxyl groups is 2. The van der Waals surface area contributed by atoms with E-state index in [2.05, 4.69) is 0 Å². The molecule has 0 saturated carbocycles. The SMILES string of the molecule is OB(O)O.OCCO.[KH]. The monoisotopic (exact) mass is 164 g/mol. The summed E-state index contributed by atoms with van der Waals surface area (Å²) >= 11 is 0. The van der Waals surface area contributed by atoms with Crippen molar-refractivity contribution in [3.63, 3.8) is 0 Å². The van der Waals surface area contributed by atoms with Gasteiger partial charge in [-0.25, -0.2) is 0 Å². The molecule has 0 radical (unpaired) electrons. The van der Waals surface area contributed by atoms with Gasteiger partial charge in [-0.3, -0.25) is 0 Å². The van der Waals surface area contributed by atoms with Crippen molar-refractivity contribution in [1.29, 1.82) is 0 Å². The third-order valence-corrected chi connectivity index (χ3v) is 0.1000. The summed E-state index contributed by atoms with van der Waals surface area (Å²) in [6.45, 7) is -0.250. The molecule has 0 heterocycles. The molecule has 0 spiro atoms. The van der Waals surface area contributed by atoms with Gasteiger partial charge in [-0.2, -0.15) is 0 Å². The second kappa shape index (κ2) is 16.2. The van der Waals surface area contributed by atoms with Crippen molar-refractivity contribution in [3.8, 4) is 0 Å². The van der Waals surface area contributed by atoms with Crippen molar-refractivity contribution in [2.24, 2.45) is 0 Å². The van der Waals surface area contributed by atoms with Crippen molar-refractivity contribution in [1.82, 2.24) is 0 Å². The molecule has 0 aromatic heterocycles. The summed E-state index contributed by atoms with van der Waals surface area (Å²) < 4.78 is 0. The summed E-state index contributed by atoms with van der Waals surface area (Å²) in [5.74, 6) is 0. The topological polar surface area (TPSA) is 101 Å². The van der Waals surface area contributed by atoms with Gasteiger partial charge in [-0.15, -0.1) is 0 Å². The zero-order valence-corrected chi connectivity index (χ0v) is 4.23. The van der Waals surface area contributed by atoms with Crippen LogP contribution >= 0.6 is 0 Å². The fourth-order valence-corrected chi connectivity index (χ4v) is 0. The predicted octanol–water partition coefficient (Wildman–Crippen LogP) is -3.73. The Hall–Kier alpha value is 1.50. The maximum atomic E-state index is 7.62. The zero-order valence-electron chi connectivity index (χ0n) is 4.23. The molecular weight excluding hydrogens is 154 g/mol. The fraction of sp³-hybridized carbons (Fsp3) is 1.00. The Bertz CT molecular complexity index is 31.4. The molecule has 0 rings (SSSR count). The molecular formula is C2H10BKO5. The van der Waals surface area contributed by atoms with E-state index in [1.807, 2.05) is 0 Å². The first-order chi connectivity index (χ1) is 3.65. The van der Waals surface area contributed by atoms with Crippen molar-refractivity contribution >= 4 is 58.7 Å². The second-order valence-electron chi connectivity index (χ2n) is 0.794. The Morgan fingerprint density at radius 2 is 1.00 bits per heavy atom. The molecule has 0 atom stereocenters. The van der Waals surface area contributed by atoms with Crippen LogP contribution in [0.4, 0.5) is 0 Å². The maximum absolute atomic E-state index is 7.62. The Labute approximate surface area is 95.9 Å². The molecule has 5 N–H and O–H groups in total. The van der Waals surface area contributed by atoms with Crippen LogP contribution in [0.2, 0.25) is 0 Å². The summed E-state index contributed by atoms with van der Waals surface area (Å²) in [6.07, 6.45) is 0. The Morgan fingerprint density at radius 1 is 0.889 bits per heavy atom. The summed E-state index contributed by atoms with van der Waals surface area (Å²) in [4.78, 5) is 0. The molecule has 0 aliphatic heterocycles. The molecule has 0 amide bonds. The number of aliphatic hydroxyl groups excluding tert-OH is 2. The van der Waals surface area contributed by atoms with Crippen LogP contribution in [0.5, 0.6) is 0 Å². The summed E-state index contributed by atoms with van der Waals surface area (Å²) in [5, 5.41) is 36.8. The van der Waals surface area contributed by atoms with Gasteiger partial charge in [-0.1, -0.05) is 0 Å². The number of rotatable bonds is 1. The molecule has 0 bridgehead atoms. The van der Waals surface area contributed by atoms with E-state index in [4.69, 9.17) is 25.3 Å². The van der Waals surface area contributed by atoms with E-state index in [0.29, 0.717) is 0 Å². The molecule has 52 valence electrons. The second-order valence-corrected chi connectivity index (χ2v) is 0.794. The van der Waals surface area contributed by atoms with Gasteiger partial charge in [0.2, 0.25) is 0 Å². The van der Waals surface area contributed by atoms with Crippen LogP contribution in [0.25, 0.3) is 0 Å². The minimum absolute atomic E-state index is 0. The van der Waals surface area contributed by atoms with Gasteiger partial charge in [0.1, 0.15) is 0 Å². The van der Waals surface area contributed by atoms with Crippen molar-refractivity contribution in [3.05, 3.63) is 0 Å². The van der Waals surface area contributed by atoms with E-state index in [0.717, 1.165) is 0 Å². The van der Waals surface area contributed by atoms with Crippen LogP contribution in [-0.4, -0.2) is 97.2 Å². The first-order valence-electron chi connectivity index (χ1n) is 1.91. The van der Waals surface area contributed by atoms with E-state index in [1.54, 1.807) is 0 Å². The van der Waals surface area contributed by atoms with Crippen molar-refractivity contribution in [2.45, 2.75) is 0 Å². The third kappa shape index (κ3) is 85.5. The average molecular weight is 164 g/mol. The average Bonchev–Trinajstić information content (AvgIpc) is 1.65. The molecule has 0 fully saturated rings. The van der Waals surface area contributed by atoms with E-state index < -0.39 is 7.32 Å². The van der Waals surface area contributed by atoms with Gasteiger partial charge < -0.3 is 25.3 Å². The van der Waals surface area contributed by atoms with Gasteiger partial charge in [-0.05, 0) is 0 Å².